The number of halogens is 2. The third-order valence-electron chi connectivity index (χ3n) is 3.74. The summed E-state index contributed by atoms with van der Waals surface area (Å²) in [6, 6.07) is 11.4. The fourth-order valence-electron chi connectivity index (χ4n) is 2.20. The number of hydrazone groups is 1. The number of rotatable bonds is 6. The van der Waals surface area contributed by atoms with E-state index in [1.54, 1.807) is 13.3 Å². The minimum Gasteiger partial charge on any atom is -0.496 e. The SMILES string of the molecule is COc1ccc(/C=N/NC(=O)COc2ccc(C(C)(C)C)cc2Br)cc1Br. The molecule has 0 saturated carbocycles. The van der Waals surface area contributed by atoms with Crippen molar-refractivity contribution in [2.45, 2.75) is 26.2 Å². The number of carbonyl (C=O) groups excluding carboxylic acids is 1. The van der Waals surface area contributed by atoms with Crippen LogP contribution < -0.4 is 14.9 Å². The van der Waals surface area contributed by atoms with Crippen LogP contribution in [0, 0.1) is 0 Å². The molecule has 1 N–H and O–H groups in total. The summed E-state index contributed by atoms with van der Waals surface area (Å²) in [4.78, 5) is 11.9. The molecule has 27 heavy (non-hydrogen) atoms. The number of hydrogen-bond acceptors (Lipinski definition) is 4. The minimum absolute atomic E-state index is 0.0452. The molecule has 0 radical (unpaired) electrons. The maximum atomic E-state index is 11.9. The van der Waals surface area contributed by atoms with E-state index in [1.807, 2.05) is 36.4 Å². The standard InChI is InChI=1S/C20H22Br2N2O3/c1-20(2,3)14-6-8-18(16(22)10-14)27-12-19(25)24-23-11-13-5-7-17(26-4)15(21)9-13/h5-11H,12H2,1-4H3,(H,24,25)/b23-11+. The third-order valence-corrected chi connectivity index (χ3v) is 4.97. The molecule has 0 fully saturated rings. The van der Waals surface area contributed by atoms with E-state index in [1.165, 1.54) is 5.56 Å². The predicted octanol–water partition coefficient (Wildman–Crippen LogP) is 5.05. The van der Waals surface area contributed by atoms with Crippen molar-refractivity contribution in [2.24, 2.45) is 5.10 Å². The van der Waals surface area contributed by atoms with Crippen LogP contribution in [0.1, 0.15) is 31.9 Å². The molecule has 0 aliphatic carbocycles. The van der Waals surface area contributed by atoms with E-state index in [-0.39, 0.29) is 17.9 Å². The number of amides is 1. The molecule has 0 bridgehead atoms. The summed E-state index contributed by atoms with van der Waals surface area (Å²) >= 11 is 6.89. The van der Waals surface area contributed by atoms with Crippen LogP contribution in [0.2, 0.25) is 0 Å². The Kier molecular flexibility index (Phi) is 7.44. The van der Waals surface area contributed by atoms with E-state index >= 15 is 0 Å². The first kappa shape index (κ1) is 21.4. The lowest BCUT2D eigenvalue weighted by Gasteiger charge is -2.20. The largest absolute Gasteiger partial charge is 0.496 e. The highest BCUT2D eigenvalue weighted by atomic mass is 79.9. The Balaban J connectivity index is 1.88. The Bertz CT molecular complexity index is 846. The first-order valence-corrected chi connectivity index (χ1v) is 9.87. The van der Waals surface area contributed by atoms with Crippen LogP contribution >= 0.6 is 31.9 Å². The van der Waals surface area contributed by atoms with Gasteiger partial charge in [-0.25, -0.2) is 5.43 Å². The van der Waals surface area contributed by atoms with Gasteiger partial charge in [0.15, 0.2) is 6.61 Å². The molecule has 2 rings (SSSR count). The molecule has 7 heteroatoms. The topological polar surface area (TPSA) is 59.9 Å². The lowest BCUT2D eigenvalue weighted by atomic mass is 9.87. The van der Waals surface area contributed by atoms with E-state index in [0.29, 0.717) is 5.75 Å². The van der Waals surface area contributed by atoms with E-state index in [4.69, 9.17) is 9.47 Å². The number of hydrogen-bond donors (Lipinski definition) is 1. The molecule has 5 nitrogen and oxygen atoms in total. The second kappa shape index (κ2) is 9.37. The second-order valence-electron chi connectivity index (χ2n) is 6.87. The lowest BCUT2D eigenvalue weighted by Crippen LogP contribution is -2.24. The van der Waals surface area contributed by atoms with Crippen molar-refractivity contribution in [2.75, 3.05) is 13.7 Å². The van der Waals surface area contributed by atoms with Gasteiger partial charge in [-0.05, 0) is 78.7 Å². The first-order chi connectivity index (χ1) is 12.7. The van der Waals surface area contributed by atoms with Crippen molar-refractivity contribution in [3.05, 3.63) is 56.5 Å². The summed E-state index contributed by atoms with van der Waals surface area (Å²) in [6.45, 7) is 6.30. The van der Waals surface area contributed by atoms with Gasteiger partial charge in [0.25, 0.3) is 5.91 Å². The van der Waals surface area contributed by atoms with Crippen molar-refractivity contribution < 1.29 is 14.3 Å². The maximum absolute atomic E-state index is 11.9. The zero-order chi connectivity index (χ0) is 20.0. The zero-order valence-corrected chi connectivity index (χ0v) is 18.8. The van der Waals surface area contributed by atoms with E-state index < -0.39 is 0 Å². The molecule has 0 aliphatic rings. The van der Waals surface area contributed by atoms with E-state index in [2.05, 4.69) is 63.2 Å². The fourth-order valence-corrected chi connectivity index (χ4v) is 3.25. The Morgan fingerprint density at radius 1 is 1.11 bits per heavy atom. The summed E-state index contributed by atoms with van der Waals surface area (Å²) in [6.07, 6.45) is 1.55. The number of ether oxygens (including phenoxy) is 2. The fraction of sp³-hybridized carbons (Fsp3) is 0.300. The molecular formula is C20H22Br2N2O3. The number of methoxy groups -OCH3 is 1. The molecule has 0 saturated heterocycles. The first-order valence-electron chi connectivity index (χ1n) is 8.29. The van der Waals surface area contributed by atoms with Gasteiger partial charge < -0.3 is 9.47 Å². The van der Waals surface area contributed by atoms with Gasteiger partial charge in [0.2, 0.25) is 0 Å². The van der Waals surface area contributed by atoms with Crippen LogP contribution in [0.25, 0.3) is 0 Å². The van der Waals surface area contributed by atoms with Crippen LogP contribution in [-0.2, 0) is 10.2 Å². The average molecular weight is 498 g/mol. The van der Waals surface area contributed by atoms with Gasteiger partial charge in [-0.2, -0.15) is 5.10 Å². The van der Waals surface area contributed by atoms with Crippen molar-refractivity contribution >= 4 is 44.0 Å². The zero-order valence-electron chi connectivity index (χ0n) is 15.7. The molecule has 144 valence electrons. The number of benzene rings is 2. The summed E-state index contributed by atoms with van der Waals surface area (Å²) in [5.41, 5.74) is 4.50. The van der Waals surface area contributed by atoms with Crippen LogP contribution in [0.3, 0.4) is 0 Å². The molecule has 0 aromatic heterocycles. The molecule has 2 aromatic rings. The van der Waals surface area contributed by atoms with E-state index in [9.17, 15) is 4.79 Å². The smallest absolute Gasteiger partial charge is 0.277 e. The van der Waals surface area contributed by atoms with Crippen LogP contribution in [0.5, 0.6) is 11.5 Å². The third kappa shape index (κ3) is 6.36. The second-order valence-corrected chi connectivity index (χ2v) is 8.58. The van der Waals surface area contributed by atoms with Gasteiger partial charge >= 0.3 is 0 Å². The van der Waals surface area contributed by atoms with Gasteiger partial charge in [-0.1, -0.05) is 26.8 Å². The quantitative estimate of drug-likeness (QED) is 0.449. The summed E-state index contributed by atoms with van der Waals surface area (Å²) < 4.78 is 12.4. The van der Waals surface area contributed by atoms with Gasteiger partial charge in [0.05, 0.1) is 22.3 Å². The summed E-state index contributed by atoms with van der Waals surface area (Å²) in [7, 11) is 1.60. The van der Waals surface area contributed by atoms with Gasteiger partial charge in [-0.15, -0.1) is 0 Å². The molecule has 0 unspecified atom stereocenters. The van der Waals surface area contributed by atoms with Crippen LogP contribution in [0.15, 0.2) is 50.4 Å². The molecule has 0 spiro atoms. The minimum atomic E-state index is -0.342. The van der Waals surface area contributed by atoms with Gasteiger partial charge in [0, 0.05) is 0 Å². The Labute approximate surface area is 176 Å². The highest BCUT2D eigenvalue weighted by Gasteiger charge is 2.15. The van der Waals surface area contributed by atoms with E-state index in [0.717, 1.165) is 20.3 Å². The van der Waals surface area contributed by atoms with Crippen molar-refractivity contribution in [3.8, 4) is 11.5 Å². The lowest BCUT2D eigenvalue weighted by molar-refractivity contribution is -0.123. The van der Waals surface area contributed by atoms with Crippen LogP contribution in [0.4, 0.5) is 0 Å². The summed E-state index contributed by atoms with van der Waals surface area (Å²) in [5, 5.41) is 3.94. The molecule has 0 atom stereocenters. The molecule has 0 heterocycles. The number of carbonyl (C=O) groups is 1. The van der Waals surface area contributed by atoms with Gasteiger partial charge in [0.1, 0.15) is 11.5 Å². The number of nitrogens with zero attached hydrogens (tertiary/aromatic N) is 1. The highest BCUT2D eigenvalue weighted by Crippen LogP contribution is 2.31. The molecule has 1 amide bonds. The maximum Gasteiger partial charge on any atom is 0.277 e. The monoisotopic (exact) mass is 496 g/mol. The van der Waals surface area contributed by atoms with Crippen molar-refractivity contribution in [3.63, 3.8) is 0 Å². The summed E-state index contributed by atoms with van der Waals surface area (Å²) in [5.74, 6) is 1.000. The molecule has 2 aromatic carbocycles. The Morgan fingerprint density at radius 3 is 2.37 bits per heavy atom. The number of nitrogens with one attached hydrogen (secondary N) is 1. The molecular weight excluding hydrogens is 476 g/mol. The van der Waals surface area contributed by atoms with Crippen molar-refractivity contribution in [1.82, 2.24) is 5.43 Å². The Hall–Kier alpha value is -1.86. The normalized spacial score (nSPS) is 11.5. The predicted molar refractivity (Wildman–Crippen MR) is 115 cm³/mol. The highest BCUT2D eigenvalue weighted by molar-refractivity contribution is 9.10. The van der Waals surface area contributed by atoms with Gasteiger partial charge in [-0.3, -0.25) is 4.79 Å². The van der Waals surface area contributed by atoms with Crippen molar-refractivity contribution in [1.29, 1.82) is 0 Å². The Morgan fingerprint density at radius 2 is 1.78 bits per heavy atom. The molecule has 0 aliphatic heterocycles. The van der Waals surface area contributed by atoms with Crippen LogP contribution in [-0.4, -0.2) is 25.8 Å². The average Bonchev–Trinajstić information content (AvgIpc) is 2.60.